The molecule has 0 saturated carbocycles. The fraction of sp³-hybridized carbons (Fsp3) is 0.308. The first-order chi connectivity index (χ1) is 7.27. The van der Waals surface area contributed by atoms with Crippen LogP contribution >= 0.6 is 0 Å². The zero-order chi connectivity index (χ0) is 10.7. The average molecular weight is 200 g/mol. The maximum absolute atomic E-state index is 7.36. The minimum Gasteiger partial charge on any atom is -0.370 e. The summed E-state index contributed by atoms with van der Waals surface area (Å²) in [4.78, 5) is 0. The Balaban J connectivity index is 2.07. The van der Waals surface area contributed by atoms with Crippen LogP contribution < -0.4 is 5.32 Å². The minimum absolute atomic E-state index is 0.479. The topological polar surface area (TPSA) is 35.9 Å². The molecule has 0 bridgehead atoms. The van der Waals surface area contributed by atoms with E-state index in [0.717, 1.165) is 6.54 Å². The Morgan fingerprint density at radius 2 is 2.00 bits per heavy atom. The van der Waals surface area contributed by atoms with Gasteiger partial charge in [-0.25, -0.2) is 0 Å². The lowest BCUT2D eigenvalue weighted by molar-refractivity contribution is 0.605. The zero-order valence-corrected chi connectivity index (χ0v) is 8.90. The van der Waals surface area contributed by atoms with Gasteiger partial charge in [0.15, 0.2) is 0 Å². The highest BCUT2D eigenvalue weighted by atomic mass is 14.9. The molecule has 2 nitrogen and oxygen atoms in total. The van der Waals surface area contributed by atoms with Crippen molar-refractivity contribution in [3.8, 4) is 0 Å². The maximum Gasteiger partial charge on any atom is 0.0902 e. The summed E-state index contributed by atoms with van der Waals surface area (Å²) in [7, 11) is 0. The van der Waals surface area contributed by atoms with Crippen LogP contribution in [0.1, 0.15) is 6.92 Å². The zero-order valence-electron chi connectivity index (χ0n) is 8.90. The molecule has 2 atom stereocenters. The lowest BCUT2D eigenvalue weighted by Crippen LogP contribution is -2.27. The Kier molecular flexibility index (Phi) is 2.86. The highest BCUT2D eigenvalue weighted by Gasteiger charge is 2.21. The molecule has 0 aliphatic heterocycles. The average Bonchev–Trinajstić information content (AvgIpc) is 2.26. The first-order valence-electron chi connectivity index (χ1n) is 5.28. The Morgan fingerprint density at radius 3 is 2.80 bits per heavy atom. The van der Waals surface area contributed by atoms with Crippen LogP contribution in [-0.2, 0) is 0 Å². The number of amidine groups is 1. The molecule has 2 unspecified atom stereocenters. The van der Waals surface area contributed by atoms with E-state index in [2.05, 4.69) is 47.8 Å². The molecule has 0 heterocycles. The van der Waals surface area contributed by atoms with Gasteiger partial charge in [0.05, 0.1) is 5.84 Å². The van der Waals surface area contributed by atoms with Crippen LogP contribution in [0.4, 0.5) is 0 Å². The van der Waals surface area contributed by atoms with Crippen LogP contribution in [0.25, 0.3) is 0 Å². The van der Waals surface area contributed by atoms with Crippen LogP contribution in [0.2, 0.25) is 0 Å². The van der Waals surface area contributed by atoms with Gasteiger partial charge >= 0.3 is 0 Å². The highest BCUT2D eigenvalue weighted by molar-refractivity contribution is 5.76. The Morgan fingerprint density at radius 1 is 1.27 bits per heavy atom. The van der Waals surface area contributed by atoms with Crippen molar-refractivity contribution in [1.29, 1.82) is 5.41 Å². The molecule has 0 saturated heterocycles. The molecule has 0 aromatic rings. The second-order valence-corrected chi connectivity index (χ2v) is 3.98. The van der Waals surface area contributed by atoms with E-state index in [1.165, 1.54) is 5.57 Å². The van der Waals surface area contributed by atoms with Crippen LogP contribution in [-0.4, -0.2) is 12.4 Å². The number of hydrogen-bond acceptors (Lipinski definition) is 1. The van der Waals surface area contributed by atoms with Crippen LogP contribution in [0.5, 0.6) is 0 Å². The van der Waals surface area contributed by atoms with Gasteiger partial charge in [-0.15, -0.1) is 0 Å². The van der Waals surface area contributed by atoms with Crippen molar-refractivity contribution in [2.45, 2.75) is 6.92 Å². The summed E-state index contributed by atoms with van der Waals surface area (Å²) in [5.74, 6) is 1.51. The smallest absolute Gasteiger partial charge is 0.0902 e. The molecule has 0 fully saturated rings. The summed E-state index contributed by atoms with van der Waals surface area (Å²) in [6.45, 7) is 2.55. The number of fused-ring (bicyclic) bond motifs is 1. The van der Waals surface area contributed by atoms with Gasteiger partial charge in [0.2, 0.25) is 0 Å². The van der Waals surface area contributed by atoms with E-state index in [1.807, 2.05) is 0 Å². The van der Waals surface area contributed by atoms with Gasteiger partial charge in [-0.1, -0.05) is 42.5 Å². The van der Waals surface area contributed by atoms with Crippen molar-refractivity contribution in [3.63, 3.8) is 0 Å². The Bertz CT molecular complexity index is 372. The normalized spacial score (nSPS) is 27.1. The van der Waals surface area contributed by atoms with Crippen molar-refractivity contribution in [3.05, 3.63) is 48.1 Å². The van der Waals surface area contributed by atoms with Crippen LogP contribution in [0.15, 0.2) is 48.1 Å². The monoisotopic (exact) mass is 200 g/mol. The summed E-state index contributed by atoms with van der Waals surface area (Å²) in [5.41, 5.74) is 1.36. The highest BCUT2D eigenvalue weighted by Crippen LogP contribution is 2.30. The predicted molar refractivity (Wildman–Crippen MR) is 63.9 cm³/mol. The van der Waals surface area contributed by atoms with Gasteiger partial charge in [0.1, 0.15) is 0 Å². The fourth-order valence-electron chi connectivity index (χ4n) is 2.01. The maximum atomic E-state index is 7.36. The standard InChI is InChI=1S/C13H16N2/c1-10(14)15-9-12-7-4-6-11-5-2-3-8-13(11)12/h2-8,11,13H,9H2,1H3,(H2,14,15). The molecule has 2 N–H and O–H groups in total. The lowest BCUT2D eigenvalue weighted by atomic mass is 9.79. The summed E-state index contributed by atoms with van der Waals surface area (Å²) in [5, 5.41) is 10.4. The predicted octanol–water partition coefficient (Wildman–Crippen LogP) is 2.43. The van der Waals surface area contributed by atoms with Gasteiger partial charge in [-0.3, -0.25) is 5.41 Å². The van der Waals surface area contributed by atoms with Crippen molar-refractivity contribution in [2.24, 2.45) is 11.8 Å². The SMILES string of the molecule is CC(=N)NCC1=CC=CC2C=CC=CC12. The van der Waals surface area contributed by atoms with E-state index in [1.54, 1.807) is 6.92 Å². The molecular weight excluding hydrogens is 184 g/mol. The largest absolute Gasteiger partial charge is 0.370 e. The summed E-state index contributed by atoms with van der Waals surface area (Å²) >= 11 is 0. The van der Waals surface area contributed by atoms with Gasteiger partial charge in [-0.2, -0.15) is 0 Å². The molecule has 2 aliphatic rings. The summed E-state index contributed by atoms with van der Waals surface area (Å²) in [6, 6.07) is 0. The van der Waals surface area contributed by atoms with E-state index in [9.17, 15) is 0 Å². The quantitative estimate of drug-likeness (QED) is 0.521. The molecule has 2 rings (SSSR count). The number of rotatable bonds is 2. The molecule has 0 spiro atoms. The van der Waals surface area contributed by atoms with Gasteiger partial charge < -0.3 is 5.32 Å². The van der Waals surface area contributed by atoms with E-state index >= 15 is 0 Å². The molecule has 78 valence electrons. The van der Waals surface area contributed by atoms with Gasteiger partial charge in [0, 0.05) is 18.4 Å². The third kappa shape index (κ3) is 2.27. The Hall–Kier alpha value is -1.57. The third-order valence-electron chi connectivity index (χ3n) is 2.81. The van der Waals surface area contributed by atoms with E-state index in [4.69, 9.17) is 5.41 Å². The molecule has 2 aliphatic carbocycles. The van der Waals surface area contributed by atoms with Crippen LogP contribution in [0, 0.1) is 17.2 Å². The minimum atomic E-state index is 0.479. The number of allylic oxidation sites excluding steroid dienone is 7. The number of hydrogen-bond donors (Lipinski definition) is 2. The lowest BCUT2D eigenvalue weighted by Gasteiger charge is -2.27. The van der Waals surface area contributed by atoms with Crippen molar-refractivity contribution in [2.75, 3.05) is 6.54 Å². The van der Waals surface area contributed by atoms with Gasteiger partial charge in [0.25, 0.3) is 0 Å². The summed E-state index contributed by atoms with van der Waals surface area (Å²) < 4.78 is 0. The fourth-order valence-corrected chi connectivity index (χ4v) is 2.01. The molecule has 0 aromatic carbocycles. The number of nitrogens with one attached hydrogen (secondary N) is 2. The Labute approximate surface area is 90.6 Å². The second kappa shape index (κ2) is 4.30. The van der Waals surface area contributed by atoms with Crippen molar-refractivity contribution in [1.82, 2.24) is 5.32 Å². The molecule has 0 radical (unpaired) electrons. The second-order valence-electron chi connectivity index (χ2n) is 3.98. The van der Waals surface area contributed by atoms with Crippen LogP contribution in [0.3, 0.4) is 0 Å². The molecule has 0 amide bonds. The van der Waals surface area contributed by atoms with E-state index < -0.39 is 0 Å². The van der Waals surface area contributed by atoms with Crippen molar-refractivity contribution < 1.29 is 0 Å². The molecule has 0 aromatic heterocycles. The molecular formula is C13H16N2. The van der Waals surface area contributed by atoms with Gasteiger partial charge in [-0.05, 0) is 12.5 Å². The third-order valence-corrected chi connectivity index (χ3v) is 2.81. The first-order valence-corrected chi connectivity index (χ1v) is 5.28. The van der Waals surface area contributed by atoms with E-state index in [-0.39, 0.29) is 0 Å². The molecule has 2 heteroatoms. The molecule has 15 heavy (non-hydrogen) atoms. The van der Waals surface area contributed by atoms with Crippen molar-refractivity contribution >= 4 is 5.84 Å². The summed E-state index contributed by atoms with van der Waals surface area (Å²) in [6.07, 6.45) is 15.2. The van der Waals surface area contributed by atoms with E-state index in [0.29, 0.717) is 17.7 Å². The first kappa shape index (κ1) is 9.97.